The van der Waals surface area contributed by atoms with E-state index in [1.165, 1.54) is 5.56 Å². The first-order valence-corrected chi connectivity index (χ1v) is 9.06. The Kier molecular flexibility index (Phi) is 3.71. The zero-order valence-electron chi connectivity index (χ0n) is 14.3. The Morgan fingerprint density at radius 2 is 2.15 bits per heavy atom. The maximum Gasteiger partial charge on any atom is 0.272 e. The predicted octanol–water partition coefficient (Wildman–Crippen LogP) is 2.11. The normalized spacial score (nSPS) is 27.1. The van der Waals surface area contributed by atoms with Gasteiger partial charge in [-0.2, -0.15) is 5.10 Å². The topological polar surface area (TPSA) is 68.5 Å². The van der Waals surface area contributed by atoms with Crippen molar-refractivity contribution in [1.82, 2.24) is 19.9 Å². The summed E-state index contributed by atoms with van der Waals surface area (Å²) in [6.07, 6.45) is 5.67. The number of rotatable bonds is 4. The van der Waals surface area contributed by atoms with Crippen molar-refractivity contribution >= 4 is 11.6 Å². The minimum absolute atomic E-state index is 0.132. The minimum Gasteiger partial charge on any atom is -0.377 e. The lowest BCUT2D eigenvalue weighted by Gasteiger charge is -2.48. The molecule has 3 aromatic rings. The fourth-order valence-corrected chi connectivity index (χ4v) is 4.34. The summed E-state index contributed by atoms with van der Waals surface area (Å²) in [4.78, 5) is 17.0. The van der Waals surface area contributed by atoms with Crippen LogP contribution in [0.3, 0.4) is 0 Å². The fourth-order valence-electron chi connectivity index (χ4n) is 4.34. The highest BCUT2D eigenvalue weighted by Crippen LogP contribution is 2.45. The van der Waals surface area contributed by atoms with Gasteiger partial charge < -0.3 is 10.1 Å². The SMILES string of the molecule is O=C(N[C@@H]1[C@@H](Cc2ccccc2)[C@H]2OCC[C@@H]12)c1cc2ncccn2n1. The number of ether oxygens (including phenoxy) is 1. The number of benzene rings is 1. The minimum atomic E-state index is -0.135. The zero-order valence-corrected chi connectivity index (χ0v) is 14.3. The first-order valence-electron chi connectivity index (χ1n) is 9.06. The van der Waals surface area contributed by atoms with Crippen LogP contribution in [0.15, 0.2) is 54.9 Å². The van der Waals surface area contributed by atoms with Gasteiger partial charge >= 0.3 is 0 Å². The van der Waals surface area contributed by atoms with Gasteiger partial charge in [-0.25, -0.2) is 9.50 Å². The van der Waals surface area contributed by atoms with Crippen LogP contribution in [-0.2, 0) is 11.2 Å². The number of hydrogen-bond acceptors (Lipinski definition) is 4. The van der Waals surface area contributed by atoms with E-state index in [9.17, 15) is 4.79 Å². The third-order valence-electron chi connectivity index (χ3n) is 5.61. The lowest BCUT2D eigenvalue weighted by atomic mass is 9.64. The molecule has 1 aliphatic heterocycles. The third-order valence-corrected chi connectivity index (χ3v) is 5.61. The summed E-state index contributed by atoms with van der Waals surface area (Å²) in [5, 5.41) is 7.54. The maximum atomic E-state index is 12.7. The average Bonchev–Trinajstić information content (AvgIpc) is 3.29. The highest BCUT2D eigenvalue weighted by Gasteiger charge is 2.54. The van der Waals surface area contributed by atoms with Crippen molar-refractivity contribution in [2.75, 3.05) is 6.61 Å². The molecule has 1 saturated heterocycles. The summed E-state index contributed by atoms with van der Waals surface area (Å²) in [6, 6.07) is 14.1. The summed E-state index contributed by atoms with van der Waals surface area (Å²) in [5.74, 6) is 0.579. The number of nitrogens with zero attached hydrogens (tertiary/aromatic N) is 3. The Labute approximate surface area is 151 Å². The van der Waals surface area contributed by atoms with Gasteiger partial charge in [0.1, 0.15) is 0 Å². The average molecular weight is 348 g/mol. The van der Waals surface area contributed by atoms with Gasteiger partial charge in [0.05, 0.1) is 6.10 Å². The van der Waals surface area contributed by atoms with Crippen LogP contribution in [0.2, 0.25) is 0 Å². The van der Waals surface area contributed by atoms with E-state index < -0.39 is 0 Å². The van der Waals surface area contributed by atoms with Crippen molar-refractivity contribution in [3.8, 4) is 0 Å². The molecule has 0 unspecified atom stereocenters. The quantitative estimate of drug-likeness (QED) is 0.784. The monoisotopic (exact) mass is 348 g/mol. The molecular weight excluding hydrogens is 328 g/mol. The smallest absolute Gasteiger partial charge is 0.272 e. The molecule has 132 valence electrons. The summed E-state index contributed by atoms with van der Waals surface area (Å²) >= 11 is 0. The van der Waals surface area contributed by atoms with E-state index in [2.05, 4.69) is 39.7 Å². The summed E-state index contributed by atoms with van der Waals surface area (Å²) in [5.41, 5.74) is 2.36. The molecule has 26 heavy (non-hydrogen) atoms. The predicted molar refractivity (Wildman–Crippen MR) is 95.7 cm³/mol. The van der Waals surface area contributed by atoms with Crippen LogP contribution in [0.5, 0.6) is 0 Å². The first kappa shape index (κ1) is 15.5. The van der Waals surface area contributed by atoms with Crippen LogP contribution < -0.4 is 5.32 Å². The summed E-state index contributed by atoms with van der Waals surface area (Å²) in [6.45, 7) is 0.783. The van der Waals surface area contributed by atoms with Crippen LogP contribution >= 0.6 is 0 Å². The third kappa shape index (κ3) is 2.57. The second-order valence-corrected chi connectivity index (χ2v) is 7.09. The Hall–Kier alpha value is -2.73. The molecule has 5 rings (SSSR count). The molecule has 6 heteroatoms. The molecule has 1 amide bonds. The molecule has 2 aromatic heterocycles. The van der Waals surface area contributed by atoms with Crippen molar-refractivity contribution in [3.05, 3.63) is 66.1 Å². The van der Waals surface area contributed by atoms with Crippen LogP contribution in [0, 0.1) is 11.8 Å². The van der Waals surface area contributed by atoms with Crippen LogP contribution in [0.25, 0.3) is 5.65 Å². The molecule has 0 radical (unpaired) electrons. The van der Waals surface area contributed by atoms with Gasteiger partial charge in [0, 0.05) is 42.9 Å². The van der Waals surface area contributed by atoms with Gasteiger partial charge in [0.2, 0.25) is 0 Å². The Morgan fingerprint density at radius 3 is 3.00 bits per heavy atom. The molecule has 6 nitrogen and oxygen atoms in total. The number of nitrogens with one attached hydrogen (secondary N) is 1. The second kappa shape index (κ2) is 6.21. The number of aromatic nitrogens is 3. The second-order valence-electron chi connectivity index (χ2n) is 7.09. The van der Waals surface area contributed by atoms with E-state index in [1.54, 1.807) is 29.0 Å². The van der Waals surface area contributed by atoms with Gasteiger partial charge in [0.25, 0.3) is 5.91 Å². The van der Waals surface area contributed by atoms with E-state index in [0.717, 1.165) is 19.4 Å². The molecular formula is C20H20N4O2. The van der Waals surface area contributed by atoms with Gasteiger partial charge in [-0.05, 0) is 24.5 Å². The number of fused-ring (bicyclic) bond motifs is 2. The molecule has 0 bridgehead atoms. The molecule has 0 spiro atoms. The Morgan fingerprint density at radius 1 is 1.27 bits per heavy atom. The lowest BCUT2D eigenvalue weighted by molar-refractivity contribution is -0.0528. The van der Waals surface area contributed by atoms with Gasteiger partial charge in [0.15, 0.2) is 11.3 Å². The van der Waals surface area contributed by atoms with Crippen LogP contribution in [0.4, 0.5) is 0 Å². The molecule has 1 aromatic carbocycles. The number of hydrogen-bond donors (Lipinski definition) is 1. The lowest BCUT2D eigenvalue weighted by Crippen LogP contribution is -2.62. The number of carbonyl (C=O) groups excluding carboxylic acids is 1. The van der Waals surface area contributed by atoms with E-state index in [-0.39, 0.29) is 18.1 Å². The van der Waals surface area contributed by atoms with Gasteiger partial charge in [-0.1, -0.05) is 30.3 Å². The highest BCUT2D eigenvalue weighted by molar-refractivity contribution is 5.93. The largest absolute Gasteiger partial charge is 0.377 e. The fraction of sp³-hybridized carbons (Fsp3) is 0.350. The van der Waals surface area contributed by atoms with E-state index >= 15 is 0 Å². The van der Waals surface area contributed by atoms with Crippen molar-refractivity contribution in [3.63, 3.8) is 0 Å². The van der Waals surface area contributed by atoms with Crippen molar-refractivity contribution in [2.45, 2.75) is 25.0 Å². The molecule has 4 atom stereocenters. The maximum absolute atomic E-state index is 12.7. The van der Waals surface area contributed by atoms with E-state index in [0.29, 0.717) is 23.2 Å². The first-order chi connectivity index (χ1) is 12.8. The Bertz CT molecular complexity index is 906. The number of carbonyl (C=O) groups is 1. The molecule has 1 saturated carbocycles. The molecule has 3 heterocycles. The highest BCUT2D eigenvalue weighted by atomic mass is 16.5. The van der Waals surface area contributed by atoms with E-state index in [4.69, 9.17) is 4.74 Å². The standard InChI is InChI=1S/C20H20N4O2/c25-20(16-12-17-21-8-4-9-24(17)23-16)22-18-14-7-10-26-19(14)15(18)11-13-5-2-1-3-6-13/h1-6,8-9,12,14-15,18-19H,7,10-11H2,(H,22,25)/t14-,15+,18-,19-/m0/s1. The van der Waals surface area contributed by atoms with E-state index in [1.807, 2.05) is 6.07 Å². The summed E-state index contributed by atoms with van der Waals surface area (Å²) < 4.78 is 7.54. The number of amides is 1. The van der Waals surface area contributed by atoms with Gasteiger partial charge in [-0.15, -0.1) is 0 Å². The molecule has 1 N–H and O–H groups in total. The van der Waals surface area contributed by atoms with Crippen molar-refractivity contribution in [1.29, 1.82) is 0 Å². The zero-order chi connectivity index (χ0) is 17.5. The van der Waals surface area contributed by atoms with Gasteiger partial charge in [-0.3, -0.25) is 4.79 Å². The summed E-state index contributed by atoms with van der Waals surface area (Å²) in [7, 11) is 0. The Balaban J connectivity index is 1.34. The van der Waals surface area contributed by atoms with Crippen molar-refractivity contribution in [2.24, 2.45) is 11.8 Å². The van der Waals surface area contributed by atoms with Crippen LogP contribution in [0.1, 0.15) is 22.5 Å². The molecule has 1 aliphatic carbocycles. The van der Waals surface area contributed by atoms with Crippen LogP contribution in [-0.4, -0.2) is 39.3 Å². The van der Waals surface area contributed by atoms with Crippen molar-refractivity contribution < 1.29 is 9.53 Å². The molecule has 2 aliphatic rings. The molecule has 2 fully saturated rings.